The summed E-state index contributed by atoms with van der Waals surface area (Å²) in [4.78, 5) is 12.1. The molecule has 0 aliphatic rings. The lowest BCUT2D eigenvalue weighted by molar-refractivity contribution is 0.0992. The van der Waals surface area contributed by atoms with Gasteiger partial charge in [0.15, 0.2) is 5.78 Å². The van der Waals surface area contributed by atoms with E-state index >= 15 is 0 Å². The summed E-state index contributed by atoms with van der Waals surface area (Å²) in [7, 11) is 1.64. The van der Waals surface area contributed by atoms with Crippen molar-refractivity contribution in [2.24, 2.45) is 0 Å². The molecule has 18 heavy (non-hydrogen) atoms. The number of benzene rings is 2. The number of carbonyl (C=O) groups is 1. The minimum absolute atomic E-state index is 0.142. The number of ether oxygens (including phenoxy) is 1. The van der Waals surface area contributed by atoms with Crippen molar-refractivity contribution in [3.63, 3.8) is 0 Å². The van der Waals surface area contributed by atoms with E-state index in [9.17, 15) is 4.79 Å². The van der Waals surface area contributed by atoms with Crippen LogP contribution in [0.15, 0.2) is 48.5 Å². The summed E-state index contributed by atoms with van der Waals surface area (Å²) < 4.78 is 5.15. The van der Waals surface area contributed by atoms with Crippen LogP contribution in [-0.2, 0) is 6.42 Å². The van der Waals surface area contributed by atoms with Crippen molar-refractivity contribution in [1.82, 2.24) is 0 Å². The van der Waals surface area contributed by atoms with E-state index in [0.717, 1.165) is 22.4 Å². The number of aryl methyl sites for hydroxylation is 1. The molecule has 0 amide bonds. The van der Waals surface area contributed by atoms with E-state index in [4.69, 9.17) is 4.74 Å². The zero-order chi connectivity index (χ0) is 13.0. The van der Waals surface area contributed by atoms with Crippen LogP contribution in [0.3, 0.4) is 0 Å². The highest BCUT2D eigenvalue weighted by molar-refractivity contribution is 5.97. The Morgan fingerprint density at radius 3 is 2.44 bits per heavy atom. The number of ketones is 1. The van der Waals surface area contributed by atoms with Gasteiger partial charge in [0.25, 0.3) is 0 Å². The van der Waals surface area contributed by atoms with Crippen LogP contribution in [0.1, 0.15) is 21.5 Å². The number of hydrogen-bond donors (Lipinski definition) is 0. The van der Waals surface area contributed by atoms with Gasteiger partial charge in [-0.3, -0.25) is 4.79 Å². The maximum Gasteiger partial charge on any atom is 0.167 e. The predicted octanol–water partition coefficient (Wildman–Crippen LogP) is 3.43. The smallest absolute Gasteiger partial charge is 0.167 e. The zero-order valence-electron chi connectivity index (χ0n) is 10.6. The third-order valence-corrected chi connectivity index (χ3v) is 3.00. The Bertz CT molecular complexity index is 544. The largest absolute Gasteiger partial charge is 0.497 e. The van der Waals surface area contributed by atoms with E-state index in [1.54, 1.807) is 7.11 Å². The SMILES string of the molecule is COc1ccc(CC(=O)c2ccccc2)c(C)c1. The van der Waals surface area contributed by atoms with E-state index in [1.165, 1.54) is 0 Å². The molecule has 0 aliphatic heterocycles. The lowest BCUT2D eigenvalue weighted by Gasteiger charge is -2.07. The number of hydrogen-bond acceptors (Lipinski definition) is 2. The fourth-order valence-corrected chi connectivity index (χ4v) is 1.89. The van der Waals surface area contributed by atoms with E-state index in [1.807, 2.05) is 55.5 Å². The Kier molecular flexibility index (Phi) is 3.78. The minimum Gasteiger partial charge on any atom is -0.497 e. The molecule has 0 N–H and O–H groups in total. The fourth-order valence-electron chi connectivity index (χ4n) is 1.89. The van der Waals surface area contributed by atoms with Gasteiger partial charge in [-0.1, -0.05) is 36.4 Å². The molecule has 0 aliphatic carbocycles. The second kappa shape index (κ2) is 5.50. The molecular weight excluding hydrogens is 224 g/mol. The van der Waals surface area contributed by atoms with Gasteiger partial charge in [-0.25, -0.2) is 0 Å². The van der Waals surface area contributed by atoms with Gasteiger partial charge < -0.3 is 4.74 Å². The summed E-state index contributed by atoms with van der Waals surface area (Å²) >= 11 is 0. The Morgan fingerprint density at radius 1 is 1.11 bits per heavy atom. The molecule has 2 aromatic carbocycles. The standard InChI is InChI=1S/C16H16O2/c1-12-10-15(18-2)9-8-14(12)11-16(17)13-6-4-3-5-7-13/h3-10H,11H2,1-2H3. The van der Waals surface area contributed by atoms with E-state index in [2.05, 4.69) is 0 Å². The molecule has 2 aromatic rings. The van der Waals surface area contributed by atoms with Crippen LogP contribution in [0.25, 0.3) is 0 Å². The number of Topliss-reactive ketones (excluding diaryl/α,β-unsaturated/α-hetero) is 1. The number of rotatable bonds is 4. The predicted molar refractivity (Wildman–Crippen MR) is 72.2 cm³/mol. The maximum absolute atomic E-state index is 12.1. The van der Waals surface area contributed by atoms with Crippen molar-refractivity contribution in [2.45, 2.75) is 13.3 Å². The molecule has 0 radical (unpaired) electrons. The molecule has 0 fully saturated rings. The average molecular weight is 240 g/mol. The Hall–Kier alpha value is -2.09. The third kappa shape index (κ3) is 2.77. The summed E-state index contributed by atoms with van der Waals surface area (Å²) in [6, 6.07) is 15.2. The van der Waals surface area contributed by atoms with Crippen LogP contribution in [-0.4, -0.2) is 12.9 Å². The normalized spacial score (nSPS) is 10.1. The Morgan fingerprint density at radius 2 is 1.83 bits per heavy atom. The summed E-state index contributed by atoms with van der Waals surface area (Å²) in [5.74, 6) is 0.965. The molecule has 0 atom stereocenters. The topological polar surface area (TPSA) is 26.3 Å². The van der Waals surface area contributed by atoms with E-state index in [0.29, 0.717) is 6.42 Å². The second-order valence-corrected chi connectivity index (χ2v) is 4.26. The second-order valence-electron chi connectivity index (χ2n) is 4.26. The van der Waals surface area contributed by atoms with Crippen LogP contribution >= 0.6 is 0 Å². The van der Waals surface area contributed by atoms with Crippen molar-refractivity contribution in [2.75, 3.05) is 7.11 Å². The molecular formula is C16H16O2. The molecule has 0 bridgehead atoms. The van der Waals surface area contributed by atoms with Gasteiger partial charge >= 0.3 is 0 Å². The van der Waals surface area contributed by atoms with E-state index < -0.39 is 0 Å². The highest BCUT2D eigenvalue weighted by atomic mass is 16.5. The van der Waals surface area contributed by atoms with Crippen LogP contribution < -0.4 is 4.74 Å². The van der Waals surface area contributed by atoms with Crippen molar-refractivity contribution < 1.29 is 9.53 Å². The lowest BCUT2D eigenvalue weighted by atomic mass is 9.99. The fraction of sp³-hybridized carbons (Fsp3) is 0.188. The molecule has 92 valence electrons. The summed E-state index contributed by atoms with van der Waals surface area (Å²) in [5, 5.41) is 0. The molecule has 0 unspecified atom stereocenters. The molecule has 0 saturated heterocycles. The van der Waals surface area contributed by atoms with Gasteiger partial charge in [0.05, 0.1) is 7.11 Å². The highest BCUT2D eigenvalue weighted by Gasteiger charge is 2.08. The Labute approximate surface area is 107 Å². The highest BCUT2D eigenvalue weighted by Crippen LogP contribution is 2.18. The van der Waals surface area contributed by atoms with Crippen LogP contribution in [0.2, 0.25) is 0 Å². The maximum atomic E-state index is 12.1. The number of carbonyl (C=O) groups excluding carboxylic acids is 1. The molecule has 0 saturated carbocycles. The van der Waals surface area contributed by atoms with Crippen molar-refractivity contribution in [3.8, 4) is 5.75 Å². The van der Waals surface area contributed by atoms with Gasteiger partial charge in [-0.05, 0) is 30.2 Å². The summed E-state index contributed by atoms with van der Waals surface area (Å²) in [6.45, 7) is 2.00. The first-order valence-corrected chi connectivity index (χ1v) is 5.92. The van der Waals surface area contributed by atoms with Crippen LogP contribution in [0.4, 0.5) is 0 Å². The van der Waals surface area contributed by atoms with Gasteiger partial charge in [0, 0.05) is 12.0 Å². The minimum atomic E-state index is 0.142. The number of methoxy groups -OCH3 is 1. The monoisotopic (exact) mass is 240 g/mol. The summed E-state index contributed by atoms with van der Waals surface area (Å²) in [5.41, 5.74) is 2.89. The molecule has 2 heteroatoms. The first-order chi connectivity index (χ1) is 8.70. The average Bonchev–Trinajstić information content (AvgIpc) is 2.42. The zero-order valence-corrected chi connectivity index (χ0v) is 10.6. The lowest BCUT2D eigenvalue weighted by Crippen LogP contribution is -2.04. The van der Waals surface area contributed by atoms with Crippen molar-refractivity contribution in [1.29, 1.82) is 0 Å². The third-order valence-electron chi connectivity index (χ3n) is 3.00. The molecule has 2 nitrogen and oxygen atoms in total. The molecule has 0 aromatic heterocycles. The van der Waals surface area contributed by atoms with Crippen LogP contribution in [0, 0.1) is 6.92 Å². The van der Waals surface area contributed by atoms with Gasteiger partial charge in [-0.2, -0.15) is 0 Å². The first-order valence-electron chi connectivity index (χ1n) is 5.92. The molecule has 0 spiro atoms. The molecule has 0 heterocycles. The van der Waals surface area contributed by atoms with Crippen molar-refractivity contribution in [3.05, 3.63) is 65.2 Å². The quantitative estimate of drug-likeness (QED) is 0.765. The van der Waals surface area contributed by atoms with Crippen molar-refractivity contribution >= 4 is 5.78 Å². The van der Waals surface area contributed by atoms with Gasteiger partial charge in [0.1, 0.15) is 5.75 Å². The van der Waals surface area contributed by atoms with Gasteiger partial charge in [-0.15, -0.1) is 0 Å². The van der Waals surface area contributed by atoms with Crippen LogP contribution in [0.5, 0.6) is 5.75 Å². The van der Waals surface area contributed by atoms with Gasteiger partial charge in [0.2, 0.25) is 0 Å². The van der Waals surface area contributed by atoms with E-state index in [-0.39, 0.29) is 5.78 Å². The molecule has 2 rings (SSSR count). The first kappa shape index (κ1) is 12.4. The summed E-state index contributed by atoms with van der Waals surface area (Å²) in [6.07, 6.45) is 0.430. The Balaban J connectivity index is 2.17.